The molecule has 0 radical (unpaired) electrons. The maximum absolute atomic E-state index is 12.6. The Bertz CT molecular complexity index is 534. The molecule has 0 saturated carbocycles. The molecule has 2 rings (SSSR count). The predicted molar refractivity (Wildman–Crippen MR) is 85.4 cm³/mol. The van der Waals surface area contributed by atoms with Crippen LogP contribution < -0.4 is 10.5 Å². The van der Waals surface area contributed by atoms with E-state index < -0.39 is 10.0 Å². The zero-order chi connectivity index (χ0) is 14.6. The lowest BCUT2D eigenvalue weighted by Gasteiger charge is -2.22. The zero-order valence-corrected chi connectivity index (χ0v) is 13.8. The van der Waals surface area contributed by atoms with Crippen LogP contribution in [0.4, 0.5) is 0 Å². The van der Waals surface area contributed by atoms with E-state index in [0.29, 0.717) is 30.3 Å². The molecule has 7 heteroatoms. The van der Waals surface area contributed by atoms with E-state index in [-0.39, 0.29) is 18.4 Å². The molecule has 1 aromatic carbocycles. The summed E-state index contributed by atoms with van der Waals surface area (Å²) >= 11 is 0. The Balaban J connectivity index is 0.00000220. The van der Waals surface area contributed by atoms with Gasteiger partial charge in [-0.15, -0.1) is 12.4 Å². The Morgan fingerprint density at radius 2 is 2.00 bits per heavy atom. The number of hydrogen-bond donors (Lipinski definition) is 1. The normalized spacial score (nSPS) is 19.2. The number of benzene rings is 1. The molecule has 21 heavy (non-hydrogen) atoms. The van der Waals surface area contributed by atoms with Crippen LogP contribution in [0.15, 0.2) is 29.2 Å². The van der Waals surface area contributed by atoms with E-state index >= 15 is 0 Å². The Morgan fingerprint density at radius 3 is 2.57 bits per heavy atom. The van der Waals surface area contributed by atoms with Crippen molar-refractivity contribution in [1.29, 1.82) is 0 Å². The highest BCUT2D eigenvalue weighted by Gasteiger charge is 2.34. The van der Waals surface area contributed by atoms with Crippen LogP contribution in [0.1, 0.15) is 26.2 Å². The van der Waals surface area contributed by atoms with Crippen molar-refractivity contribution < 1.29 is 13.2 Å². The fraction of sp³-hybridized carbons (Fsp3) is 0.571. The summed E-state index contributed by atoms with van der Waals surface area (Å²) in [5, 5.41) is 0. The monoisotopic (exact) mass is 334 g/mol. The van der Waals surface area contributed by atoms with Crippen molar-refractivity contribution in [2.75, 3.05) is 19.7 Å². The molecule has 1 unspecified atom stereocenters. The van der Waals surface area contributed by atoms with Gasteiger partial charge in [-0.3, -0.25) is 0 Å². The second-order valence-corrected chi connectivity index (χ2v) is 6.86. The Hall–Kier alpha value is -0.820. The first-order valence-electron chi connectivity index (χ1n) is 7.04. The van der Waals surface area contributed by atoms with E-state index in [4.69, 9.17) is 10.5 Å². The van der Waals surface area contributed by atoms with Crippen molar-refractivity contribution in [3.63, 3.8) is 0 Å². The van der Waals surface area contributed by atoms with E-state index in [9.17, 15) is 8.42 Å². The van der Waals surface area contributed by atoms with Crippen LogP contribution in [0.25, 0.3) is 0 Å². The highest BCUT2D eigenvalue weighted by molar-refractivity contribution is 7.89. The number of halogens is 1. The largest absolute Gasteiger partial charge is 0.494 e. The van der Waals surface area contributed by atoms with Crippen molar-refractivity contribution in [2.24, 2.45) is 5.73 Å². The van der Waals surface area contributed by atoms with Crippen LogP contribution in [0.2, 0.25) is 0 Å². The summed E-state index contributed by atoms with van der Waals surface area (Å²) in [6.07, 6.45) is 2.64. The van der Waals surface area contributed by atoms with Gasteiger partial charge in [-0.1, -0.05) is 6.92 Å². The van der Waals surface area contributed by atoms with Gasteiger partial charge in [0.15, 0.2) is 0 Å². The lowest BCUT2D eigenvalue weighted by atomic mass is 10.2. The molecule has 1 aromatic rings. The van der Waals surface area contributed by atoms with Crippen molar-refractivity contribution in [1.82, 2.24) is 4.31 Å². The molecule has 1 aliphatic rings. The van der Waals surface area contributed by atoms with Gasteiger partial charge in [0.05, 0.1) is 11.5 Å². The summed E-state index contributed by atoms with van der Waals surface area (Å²) < 4.78 is 32.1. The van der Waals surface area contributed by atoms with Crippen molar-refractivity contribution >= 4 is 22.4 Å². The Morgan fingerprint density at radius 1 is 1.33 bits per heavy atom. The van der Waals surface area contributed by atoms with Gasteiger partial charge < -0.3 is 10.5 Å². The third-order valence-corrected chi connectivity index (χ3v) is 5.46. The number of nitrogens with zero attached hydrogens (tertiary/aromatic N) is 1. The maximum Gasteiger partial charge on any atom is 0.243 e. The molecule has 120 valence electrons. The quantitative estimate of drug-likeness (QED) is 0.863. The molecule has 1 heterocycles. The van der Waals surface area contributed by atoms with E-state index in [1.165, 1.54) is 4.31 Å². The summed E-state index contributed by atoms with van der Waals surface area (Å²) in [5.74, 6) is 0.697. The number of nitrogens with two attached hydrogens (primary N) is 1. The molecule has 0 amide bonds. The fourth-order valence-corrected chi connectivity index (χ4v) is 4.13. The number of sulfonamides is 1. The highest BCUT2D eigenvalue weighted by Crippen LogP contribution is 2.26. The maximum atomic E-state index is 12.6. The summed E-state index contributed by atoms with van der Waals surface area (Å²) in [6.45, 7) is 3.59. The van der Waals surface area contributed by atoms with E-state index in [0.717, 1.165) is 19.3 Å². The van der Waals surface area contributed by atoms with Gasteiger partial charge in [0.25, 0.3) is 0 Å². The second kappa shape index (κ2) is 7.98. The van der Waals surface area contributed by atoms with Crippen molar-refractivity contribution in [3.8, 4) is 5.75 Å². The number of hydrogen-bond acceptors (Lipinski definition) is 4. The molecule has 0 spiro atoms. The third kappa shape index (κ3) is 4.10. The fourth-order valence-electron chi connectivity index (χ4n) is 2.42. The van der Waals surface area contributed by atoms with Gasteiger partial charge in [0.1, 0.15) is 5.75 Å². The lowest BCUT2D eigenvalue weighted by molar-refractivity contribution is 0.317. The molecule has 0 bridgehead atoms. The summed E-state index contributed by atoms with van der Waals surface area (Å²) in [5.41, 5.74) is 5.65. The summed E-state index contributed by atoms with van der Waals surface area (Å²) in [7, 11) is -3.44. The Kier molecular flexibility index (Phi) is 6.93. The van der Waals surface area contributed by atoms with Crippen LogP contribution in [0.5, 0.6) is 5.75 Å². The average molecular weight is 335 g/mol. The smallest absolute Gasteiger partial charge is 0.243 e. The Labute approximate surface area is 132 Å². The van der Waals surface area contributed by atoms with Crippen molar-refractivity contribution in [2.45, 2.75) is 37.1 Å². The van der Waals surface area contributed by atoms with Gasteiger partial charge in [-0.2, -0.15) is 4.31 Å². The van der Waals surface area contributed by atoms with Gasteiger partial charge in [0.2, 0.25) is 10.0 Å². The van der Waals surface area contributed by atoms with Gasteiger partial charge in [-0.05, 0) is 43.5 Å². The predicted octanol–water partition coefficient (Wildman–Crippen LogP) is 2.01. The SMILES string of the molecule is CCCOc1ccc(S(=O)(=O)N2CCCC2CN)cc1.Cl. The molecule has 1 saturated heterocycles. The molecular weight excluding hydrogens is 312 g/mol. The first-order valence-corrected chi connectivity index (χ1v) is 8.48. The average Bonchev–Trinajstić information content (AvgIpc) is 2.95. The van der Waals surface area contributed by atoms with Crippen molar-refractivity contribution in [3.05, 3.63) is 24.3 Å². The molecule has 1 fully saturated rings. The molecule has 1 atom stereocenters. The molecule has 0 aromatic heterocycles. The topological polar surface area (TPSA) is 72.6 Å². The molecule has 1 aliphatic heterocycles. The minimum absolute atomic E-state index is 0. The lowest BCUT2D eigenvalue weighted by Crippen LogP contribution is -2.39. The van der Waals surface area contributed by atoms with Gasteiger partial charge in [0, 0.05) is 19.1 Å². The minimum Gasteiger partial charge on any atom is -0.494 e. The van der Waals surface area contributed by atoms with Crippen LogP contribution >= 0.6 is 12.4 Å². The first-order chi connectivity index (χ1) is 9.59. The van der Waals surface area contributed by atoms with Crippen LogP contribution in [0, 0.1) is 0 Å². The molecular formula is C14H23ClN2O3S. The molecule has 5 nitrogen and oxygen atoms in total. The minimum atomic E-state index is -3.44. The first kappa shape index (κ1) is 18.2. The number of rotatable bonds is 6. The third-order valence-electron chi connectivity index (χ3n) is 3.50. The molecule has 2 N–H and O–H groups in total. The summed E-state index contributed by atoms with van der Waals surface area (Å²) in [6, 6.07) is 6.54. The standard InChI is InChI=1S/C14H22N2O3S.ClH/c1-2-10-19-13-5-7-14(8-6-13)20(17,18)16-9-3-4-12(16)11-15;/h5-8,12H,2-4,9-11,15H2,1H3;1H. The second-order valence-electron chi connectivity index (χ2n) is 4.97. The molecule has 0 aliphatic carbocycles. The van der Waals surface area contributed by atoms with Gasteiger partial charge >= 0.3 is 0 Å². The van der Waals surface area contributed by atoms with Crippen LogP contribution in [-0.4, -0.2) is 38.5 Å². The van der Waals surface area contributed by atoms with E-state index in [2.05, 4.69) is 0 Å². The highest BCUT2D eigenvalue weighted by atomic mass is 35.5. The van der Waals surface area contributed by atoms with Gasteiger partial charge in [-0.25, -0.2) is 8.42 Å². The van der Waals surface area contributed by atoms with E-state index in [1.807, 2.05) is 6.92 Å². The van der Waals surface area contributed by atoms with E-state index in [1.54, 1.807) is 24.3 Å². The zero-order valence-electron chi connectivity index (χ0n) is 12.2. The van der Waals surface area contributed by atoms with Crippen LogP contribution in [0.3, 0.4) is 0 Å². The number of ether oxygens (including phenoxy) is 1. The summed E-state index contributed by atoms with van der Waals surface area (Å²) in [4.78, 5) is 0.307. The van der Waals surface area contributed by atoms with Crippen LogP contribution in [-0.2, 0) is 10.0 Å².